The van der Waals surface area contributed by atoms with Gasteiger partial charge >= 0.3 is 0 Å². The van der Waals surface area contributed by atoms with Gasteiger partial charge in [0, 0.05) is 24.8 Å². The van der Waals surface area contributed by atoms with Gasteiger partial charge < -0.3 is 5.32 Å². The number of pyridine rings is 1. The van der Waals surface area contributed by atoms with Crippen molar-refractivity contribution in [2.75, 3.05) is 13.1 Å². The molecule has 3 aromatic rings. The number of likely N-dealkylation sites (tertiary alicyclic amines) is 1. The van der Waals surface area contributed by atoms with Gasteiger partial charge in [0.15, 0.2) is 5.65 Å². The summed E-state index contributed by atoms with van der Waals surface area (Å²) in [5, 5.41) is 10.7. The lowest BCUT2D eigenvalue weighted by Gasteiger charge is -2.30. The smallest absolute Gasteiger partial charge is 0.251 e. The summed E-state index contributed by atoms with van der Waals surface area (Å²) in [6, 6.07) is 11.9. The van der Waals surface area contributed by atoms with Gasteiger partial charge in [-0.05, 0) is 42.8 Å². The van der Waals surface area contributed by atoms with Crippen LogP contribution in [0.5, 0.6) is 0 Å². The molecule has 1 amide bonds. The molecule has 1 fully saturated rings. The number of aromatic nitrogens is 3. The van der Waals surface area contributed by atoms with Gasteiger partial charge in [-0.15, -0.1) is 10.2 Å². The van der Waals surface area contributed by atoms with E-state index in [0.29, 0.717) is 17.8 Å². The van der Waals surface area contributed by atoms with Crippen molar-refractivity contribution in [3.63, 3.8) is 0 Å². The van der Waals surface area contributed by atoms with Crippen molar-refractivity contribution in [2.24, 2.45) is 0 Å². The van der Waals surface area contributed by atoms with Crippen LogP contribution < -0.4 is 5.32 Å². The zero-order chi connectivity index (χ0) is 16.4. The van der Waals surface area contributed by atoms with E-state index >= 15 is 0 Å². The fourth-order valence-corrected chi connectivity index (χ4v) is 2.80. The number of nitrogens with one attached hydrogen (secondary N) is 1. The molecule has 0 bridgehead atoms. The van der Waals surface area contributed by atoms with Crippen LogP contribution in [0.15, 0.2) is 48.9 Å². The highest BCUT2D eigenvalue weighted by Gasteiger charge is 2.13. The van der Waals surface area contributed by atoms with E-state index in [-0.39, 0.29) is 5.91 Å². The van der Waals surface area contributed by atoms with E-state index in [1.807, 2.05) is 0 Å². The van der Waals surface area contributed by atoms with Gasteiger partial charge in [0.1, 0.15) is 6.33 Å². The minimum Gasteiger partial charge on any atom is -0.348 e. The molecule has 6 nitrogen and oxygen atoms in total. The summed E-state index contributed by atoms with van der Waals surface area (Å²) in [5.74, 6) is -0.106. The Kier molecular flexibility index (Phi) is 3.96. The number of fused-ring (bicyclic) bond motifs is 1. The second-order valence-electron chi connectivity index (χ2n) is 6.14. The Morgan fingerprint density at radius 3 is 2.67 bits per heavy atom. The number of amides is 1. The highest BCUT2D eigenvalue weighted by molar-refractivity contribution is 5.94. The summed E-state index contributed by atoms with van der Waals surface area (Å²) in [5.41, 5.74) is 3.67. The van der Waals surface area contributed by atoms with Crippen molar-refractivity contribution in [3.05, 3.63) is 65.6 Å². The van der Waals surface area contributed by atoms with E-state index in [1.165, 1.54) is 25.1 Å². The van der Waals surface area contributed by atoms with Crippen molar-refractivity contribution in [1.82, 2.24) is 24.8 Å². The third-order valence-electron chi connectivity index (χ3n) is 4.39. The molecule has 0 radical (unpaired) electrons. The maximum absolute atomic E-state index is 12.3. The molecule has 0 atom stereocenters. The average Bonchev–Trinajstić information content (AvgIpc) is 3.04. The number of rotatable bonds is 5. The summed E-state index contributed by atoms with van der Waals surface area (Å²) in [4.78, 5) is 14.7. The molecular formula is C18H19N5O. The summed E-state index contributed by atoms with van der Waals surface area (Å²) in [6.45, 7) is 3.94. The van der Waals surface area contributed by atoms with Crippen LogP contribution in [0.1, 0.15) is 27.9 Å². The van der Waals surface area contributed by atoms with E-state index in [2.05, 4.69) is 44.7 Å². The molecule has 2 aromatic heterocycles. The van der Waals surface area contributed by atoms with Gasteiger partial charge in [-0.25, -0.2) is 0 Å². The number of carbonyl (C=O) groups excluding carboxylic acids is 1. The lowest BCUT2D eigenvalue weighted by Crippen LogP contribution is -2.36. The second-order valence-corrected chi connectivity index (χ2v) is 6.14. The van der Waals surface area contributed by atoms with E-state index in [1.54, 1.807) is 29.1 Å². The topological polar surface area (TPSA) is 62.5 Å². The molecule has 1 aliphatic rings. The van der Waals surface area contributed by atoms with Crippen LogP contribution in [0.25, 0.3) is 5.65 Å². The standard InChI is InChI=1S/C18H19N5O/c24-18(16-6-9-23-13-20-21-17(23)10-16)19-11-14-2-4-15(5-3-14)12-22-7-1-8-22/h2-6,9-10,13H,1,7-8,11-12H2,(H,19,24). The van der Waals surface area contributed by atoms with Gasteiger partial charge in [-0.2, -0.15) is 0 Å². The van der Waals surface area contributed by atoms with Crippen molar-refractivity contribution < 1.29 is 4.79 Å². The quantitative estimate of drug-likeness (QED) is 0.779. The first-order valence-electron chi connectivity index (χ1n) is 8.16. The first-order valence-corrected chi connectivity index (χ1v) is 8.16. The summed E-state index contributed by atoms with van der Waals surface area (Å²) >= 11 is 0. The molecule has 24 heavy (non-hydrogen) atoms. The molecule has 4 rings (SSSR count). The molecule has 1 aromatic carbocycles. The lowest BCUT2D eigenvalue weighted by atomic mass is 10.1. The van der Waals surface area contributed by atoms with Crippen molar-refractivity contribution in [1.29, 1.82) is 0 Å². The van der Waals surface area contributed by atoms with E-state index in [4.69, 9.17) is 0 Å². The van der Waals surface area contributed by atoms with Crippen molar-refractivity contribution in [3.8, 4) is 0 Å². The largest absolute Gasteiger partial charge is 0.348 e. The van der Waals surface area contributed by atoms with Gasteiger partial charge in [0.05, 0.1) is 0 Å². The first kappa shape index (κ1) is 14.8. The van der Waals surface area contributed by atoms with Crippen LogP contribution >= 0.6 is 0 Å². The van der Waals surface area contributed by atoms with Crippen LogP contribution in [0.3, 0.4) is 0 Å². The SMILES string of the molecule is O=C(NCc1ccc(CN2CCC2)cc1)c1ccn2cnnc2c1. The predicted octanol–water partition coefficient (Wildman–Crippen LogP) is 1.86. The van der Waals surface area contributed by atoms with Crippen LogP contribution in [0.4, 0.5) is 0 Å². The summed E-state index contributed by atoms with van der Waals surface area (Å²) in [7, 11) is 0. The van der Waals surface area contributed by atoms with Crippen molar-refractivity contribution >= 4 is 11.6 Å². The zero-order valence-corrected chi connectivity index (χ0v) is 13.4. The van der Waals surface area contributed by atoms with Crippen molar-refractivity contribution in [2.45, 2.75) is 19.5 Å². The van der Waals surface area contributed by atoms with Gasteiger partial charge in [0.2, 0.25) is 0 Å². The summed E-state index contributed by atoms with van der Waals surface area (Å²) < 4.78 is 1.77. The molecule has 1 aliphatic heterocycles. The van der Waals surface area contributed by atoms with Crippen LogP contribution in [0, 0.1) is 0 Å². The molecule has 6 heteroatoms. The highest BCUT2D eigenvalue weighted by atomic mass is 16.1. The third kappa shape index (κ3) is 3.14. The van der Waals surface area contributed by atoms with E-state index in [0.717, 1.165) is 12.1 Å². The van der Waals surface area contributed by atoms with Crippen LogP contribution in [-0.2, 0) is 13.1 Å². The second kappa shape index (κ2) is 6.41. The first-order chi connectivity index (χ1) is 11.8. The molecular weight excluding hydrogens is 302 g/mol. The maximum Gasteiger partial charge on any atom is 0.251 e. The molecule has 122 valence electrons. The number of carbonyl (C=O) groups is 1. The minimum absolute atomic E-state index is 0.106. The lowest BCUT2D eigenvalue weighted by molar-refractivity contribution is 0.0951. The van der Waals surface area contributed by atoms with Crippen LogP contribution in [0.2, 0.25) is 0 Å². The molecule has 0 aliphatic carbocycles. The molecule has 0 unspecified atom stereocenters. The van der Waals surface area contributed by atoms with Gasteiger partial charge in [0.25, 0.3) is 5.91 Å². The van der Waals surface area contributed by atoms with Gasteiger partial charge in [-0.1, -0.05) is 24.3 Å². The van der Waals surface area contributed by atoms with Gasteiger partial charge in [-0.3, -0.25) is 14.1 Å². The Labute approximate surface area is 140 Å². The molecule has 1 saturated heterocycles. The molecule has 0 spiro atoms. The predicted molar refractivity (Wildman–Crippen MR) is 90.5 cm³/mol. The Balaban J connectivity index is 1.35. The number of benzene rings is 1. The van der Waals surface area contributed by atoms with E-state index in [9.17, 15) is 4.79 Å². The molecule has 3 heterocycles. The fraction of sp³-hybridized carbons (Fsp3) is 0.278. The monoisotopic (exact) mass is 321 g/mol. The zero-order valence-electron chi connectivity index (χ0n) is 13.4. The number of hydrogen-bond donors (Lipinski definition) is 1. The number of hydrogen-bond acceptors (Lipinski definition) is 4. The maximum atomic E-state index is 12.3. The fourth-order valence-electron chi connectivity index (χ4n) is 2.80. The average molecular weight is 321 g/mol. The summed E-state index contributed by atoms with van der Waals surface area (Å²) in [6.07, 6.45) is 4.71. The molecule has 1 N–H and O–H groups in total. The van der Waals surface area contributed by atoms with E-state index < -0.39 is 0 Å². The normalized spacial score (nSPS) is 14.5. The Morgan fingerprint density at radius 2 is 1.92 bits per heavy atom. The molecule has 0 saturated carbocycles. The Hall–Kier alpha value is -2.73. The van der Waals surface area contributed by atoms with Crippen LogP contribution in [-0.4, -0.2) is 38.5 Å². The Morgan fingerprint density at radius 1 is 1.12 bits per heavy atom. The highest BCUT2D eigenvalue weighted by Crippen LogP contribution is 2.13. The third-order valence-corrected chi connectivity index (χ3v) is 4.39. The minimum atomic E-state index is -0.106. The number of nitrogens with zero attached hydrogens (tertiary/aromatic N) is 4. The Bertz CT molecular complexity index is 851.